The van der Waals surface area contributed by atoms with Gasteiger partial charge in [-0.25, -0.2) is 0 Å². The van der Waals surface area contributed by atoms with E-state index >= 15 is 0 Å². The molecule has 0 rings (SSSR count). The number of hydrogen-bond acceptors (Lipinski definition) is 1. The van der Waals surface area contributed by atoms with Crippen molar-refractivity contribution in [2.75, 3.05) is 0 Å². The average Bonchev–Trinajstić information content (AvgIpc) is 0.918. The van der Waals surface area contributed by atoms with Gasteiger partial charge in [0.05, 0.1) is 0 Å². The fraction of sp³-hybridized carbons (Fsp3) is 0. The van der Waals surface area contributed by atoms with Crippen molar-refractivity contribution in [2.45, 2.75) is 0 Å². The van der Waals surface area contributed by atoms with Crippen molar-refractivity contribution in [1.82, 2.24) is 0 Å². The van der Waals surface area contributed by atoms with E-state index in [-0.39, 0.29) is 29.6 Å². The van der Waals surface area contributed by atoms with E-state index in [1.54, 1.807) is 0 Å². The van der Waals surface area contributed by atoms with Crippen molar-refractivity contribution < 1.29 is 4.79 Å². The van der Waals surface area contributed by atoms with Gasteiger partial charge in [-0.15, -0.1) is 0 Å². The molecule has 0 atom stereocenters. The molecule has 0 spiro atoms. The molecule has 0 amide bonds. The van der Waals surface area contributed by atoms with Gasteiger partial charge in [0, 0.05) is 0 Å². The summed E-state index contributed by atoms with van der Waals surface area (Å²) < 4.78 is 0. The summed E-state index contributed by atoms with van der Waals surface area (Å²) >= 11 is 2.47. The van der Waals surface area contributed by atoms with Crippen LogP contribution in [0.2, 0.25) is 0 Å². The number of halogens is 1. The van der Waals surface area contributed by atoms with Crippen LogP contribution < -0.4 is 0 Å². The second-order valence-electron chi connectivity index (χ2n) is 0.0891. The zero-order valence-electron chi connectivity index (χ0n) is 1.36. The van der Waals surface area contributed by atoms with Crippen LogP contribution in [0.15, 0.2) is 0 Å². The second kappa shape index (κ2) is 8.91. The van der Waals surface area contributed by atoms with Crippen molar-refractivity contribution in [1.29, 1.82) is 0 Å². The van der Waals surface area contributed by atoms with Gasteiger partial charge in [-0.05, 0) is 15.9 Å². The van der Waals surface area contributed by atoms with Gasteiger partial charge < -0.3 is 0 Å². The van der Waals surface area contributed by atoms with Gasteiger partial charge in [-0.1, -0.05) is 0 Å². The van der Waals surface area contributed by atoms with E-state index < -0.39 is 0 Å². The fourth-order valence-corrected chi connectivity index (χ4v) is 0. The number of hydrogen-bond donors (Lipinski definition) is 0. The van der Waals surface area contributed by atoms with Crippen LogP contribution in [0.25, 0.3) is 0 Å². The average molecular weight is 133 g/mol. The van der Waals surface area contributed by atoms with Crippen LogP contribution in [-0.4, -0.2) is 34.8 Å². The van der Waals surface area contributed by atoms with E-state index in [1.165, 1.54) is 0 Å². The van der Waals surface area contributed by atoms with Crippen LogP contribution in [0, 0.1) is 0 Å². The standard InChI is InChI=1S/CHBrO.Na.H/c2-1-3;;/h1H;;. The molecule has 0 aromatic rings. The molecule has 0 radical (unpaired) electrons. The molecule has 0 aliphatic rings. The Hall–Kier alpha value is 1.15. The van der Waals surface area contributed by atoms with Crippen LogP contribution in [0.4, 0.5) is 0 Å². The monoisotopic (exact) mass is 132 g/mol. The summed E-state index contributed by atoms with van der Waals surface area (Å²) in [5.74, 6) is 0. The third-order valence-corrected chi connectivity index (χ3v) is 0. The van der Waals surface area contributed by atoms with E-state index in [0.29, 0.717) is 5.20 Å². The molecule has 0 aromatic carbocycles. The molecule has 0 saturated carbocycles. The summed E-state index contributed by atoms with van der Waals surface area (Å²) in [6, 6.07) is 0. The first-order chi connectivity index (χ1) is 1.41. The Balaban J connectivity index is 0. The van der Waals surface area contributed by atoms with Gasteiger partial charge in [0.15, 0.2) is 5.20 Å². The maximum absolute atomic E-state index is 8.72. The van der Waals surface area contributed by atoms with Gasteiger partial charge in [-0.2, -0.15) is 0 Å². The third kappa shape index (κ3) is 11.0. The molecule has 20 valence electrons. The molecule has 0 fully saturated rings. The van der Waals surface area contributed by atoms with Crippen LogP contribution in [0.3, 0.4) is 0 Å². The van der Waals surface area contributed by atoms with Crippen molar-refractivity contribution in [2.24, 2.45) is 0 Å². The summed E-state index contributed by atoms with van der Waals surface area (Å²) in [4.78, 5) is 8.72. The molecule has 0 aliphatic heterocycles. The third-order valence-electron chi connectivity index (χ3n) is 0. The summed E-state index contributed by atoms with van der Waals surface area (Å²) in [5.41, 5.74) is 0. The Kier molecular flexibility index (Phi) is 19.9. The minimum absolute atomic E-state index is 0. The predicted octanol–water partition coefficient (Wildman–Crippen LogP) is -0.0770. The minimum atomic E-state index is 0. The zero-order valence-corrected chi connectivity index (χ0v) is 2.95. The summed E-state index contributed by atoms with van der Waals surface area (Å²) in [7, 11) is 0. The molecule has 0 aromatic heterocycles. The molecule has 0 unspecified atom stereocenters. The van der Waals surface area contributed by atoms with Crippen LogP contribution in [0.5, 0.6) is 0 Å². The van der Waals surface area contributed by atoms with Gasteiger partial charge >= 0.3 is 29.6 Å². The van der Waals surface area contributed by atoms with E-state index in [4.69, 9.17) is 4.79 Å². The number of carbonyl (C=O) groups excluding carboxylic acids is 1. The predicted molar refractivity (Wildman–Crippen MR) is 22.8 cm³/mol. The first-order valence-corrected chi connectivity index (χ1v) is 1.37. The zero-order chi connectivity index (χ0) is 2.71. The molecule has 3 heteroatoms. The Morgan fingerprint density at radius 1 is 1.75 bits per heavy atom. The van der Waals surface area contributed by atoms with Crippen LogP contribution in [-0.2, 0) is 4.79 Å². The summed E-state index contributed by atoms with van der Waals surface area (Å²) in [5, 5.41) is 0.562. The molecular weight excluding hydrogens is 131 g/mol. The topological polar surface area (TPSA) is 17.1 Å². The Bertz CT molecular complexity index is 15.5. The fourth-order valence-electron chi connectivity index (χ4n) is 0. The SMILES string of the molecule is O=CBr.[NaH]. The Morgan fingerprint density at radius 2 is 1.75 bits per heavy atom. The Morgan fingerprint density at radius 3 is 1.75 bits per heavy atom. The van der Waals surface area contributed by atoms with Gasteiger partial charge in [0.2, 0.25) is 0 Å². The molecule has 0 saturated heterocycles. The Labute approximate surface area is 55.2 Å². The van der Waals surface area contributed by atoms with E-state index in [0.717, 1.165) is 0 Å². The molecule has 4 heavy (non-hydrogen) atoms. The molecule has 0 heterocycles. The molecule has 0 bridgehead atoms. The number of rotatable bonds is 0. The molecular formula is CH2BrNaO. The van der Waals surface area contributed by atoms with Crippen molar-refractivity contribution >= 4 is 50.7 Å². The maximum atomic E-state index is 8.72. The van der Waals surface area contributed by atoms with E-state index in [1.807, 2.05) is 0 Å². The van der Waals surface area contributed by atoms with Gasteiger partial charge in [0.1, 0.15) is 0 Å². The van der Waals surface area contributed by atoms with Gasteiger partial charge in [-0.3, -0.25) is 4.79 Å². The summed E-state index contributed by atoms with van der Waals surface area (Å²) in [6.45, 7) is 0. The van der Waals surface area contributed by atoms with Crippen LogP contribution >= 0.6 is 15.9 Å². The van der Waals surface area contributed by atoms with E-state index in [9.17, 15) is 0 Å². The van der Waals surface area contributed by atoms with Crippen molar-refractivity contribution in [3.05, 3.63) is 0 Å². The molecule has 0 aliphatic carbocycles. The first kappa shape index (κ1) is 8.94. The summed E-state index contributed by atoms with van der Waals surface area (Å²) in [6.07, 6.45) is 0. The number of carbonyl (C=O) groups is 1. The first-order valence-electron chi connectivity index (χ1n) is 0.454. The van der Waals surface area contributed by atoms with Crippen molar-refractivity contribution in [3.63, 3.8) is 0 Å². The van der Waals surface area contributed by atoms with Gasteiger partial charge in [0.25, 0.3) is 0 Å². The second-order valence-corrected chi connectivity index (χ2v) is 0.463. The molecule has 1 nitrogen and oxygen atoms in total. The van der Waals surface area contributed by atoms with Crippen molar-refractivity contribution in [3.8, 4) is 0 Å². The normalized spacial score (nSPS) is 3.25. The van der Waals surface area contributed by atoms with Crippen LogP contribution in [0.1, 0.15) is 0 Å². The quantitative estimate of drug-likeness (QED) is 0.256. The van der Waals surface area contributed by atoms with E-state index in [2.05, 4.69) is 15.9 Å². The molecule has 0 N–H and O–H groups in total.